The van der Waals surface area contributed by atoms with E-state index >= 15 is 0 Å². The summed E-state index contributed by atoms with van der Waals surface area (Å²) in [7, 11) is 5.87. The number of unbranched alkanes of at least 4 members (excludes halogenated alkanes) is 2. The quantitative estimate of drug-likeness (QED) is 0.391. The number of hydrogen-bond donors (Lipinski definition) is 3. The largest absolute Gasteiger partial charge is 0.290 e. The Kier molecular flexibility index (Phi) is 6.34. The molecule has 0 atom stereocenters. The van der Waals surface area contributed by atoms with E-state index in [2.05, 4.69) is 22.9 Å². The van der Waals surface area contributed by atoms with Gasteiger partial charge in [0.15, 0.2) is 0 Å². The van der Waals surface area contributed by atoms with Crippen molar-refractivity contribution in [1.29, 1.82) is 0 Å². The third-order valence-electron chi connectivity index (χ3n) is 2.33. The monoisotopic (exact) mass is 172 g/mol. The highest BCUT2D eigenvalue weighted by atomic mass is 15.3. The van der Waals surface area contributed by atoms with Crippen molar-refractivity contribution in [2.45, 2.75) is 31.5 Å². The van der Waals surface area contributed by atoms with Crippen molar-refractivity contribution in [2.24, 2.45) is 0 Å². The van der Waals surface area contributed by atoms with Crippen LogP contribution in [0.3, 0.4) is 0 Å². The van der Waals surface area contributed by atoms with Crippen molar-refractivity contribution < 1.29 is 0 Å². The standard InChI is InChI=1S/C9H22N3/c1-5-6-7-8-9(10-2,11-3)12-4/h10-12H,1,5-8H2,2-4H3. The Bertz CT molecular complexity index is 91.7. The summed E-state index contributed by atoms with van der Waals surface area (Å²) in [4.78, 5) is 0. The van der Waals surface area contributed by atoms with Crippen LogP contribution in [0.1, 0.15) is 25.7 Å². The second-order valence-electron chi connectivity index (χ2n) is 2.97. The van der Waals surface area contributed by atoms with E-state index in [1.54, 1.807) is 0 Å². The van der Waals surface area contributed by atoms with Crippen molar-refractivity contribution in [3.05, 3.63) is 6.92 Å². The van der Waals surface area contributed by atoms with Gasteiger partial charge >= 0.3 is 0 Å². The topological polar surface area (TPSA) is 36.1 Å². The van der Waals surface area contributed by atoms with Crippen LogP contribution >= 0.6 is 0 Å². The van der Waals surface area contributed by atoms with E-state index in [9.17, 15) is 0 Å². The lowest BCUT2D eigenvalue weighted by Gasteiger charge is -2.32. The van der Waals surface area contributed by atoms with E-state index in [1.165, 1.54) is 12.8 Å². The third kappa shape index (κ3) is 3.52. The van der Waals surface area contributed by atoms with Gasteiger partial charge in [-0.2, -0.15) is 0 Å². The first kappa shape index (κ1) is 11.9. The normalized spacial score (nSPS) is 12.0. The van der Waals surface area contributed by atoms with Crippen LogP contribution in [0.5, 0.6) is 0 Å². The Balaban J connectivity index is 3.76. The summed E-state index contributed by atoms with van der Waals surface area (Å²) in [6, 6.07) is 0. The molecule has 0 aliphatic rings. The fraction of sp³-hybridized carbons (Fsp3) is 0.889. The lowest BCUT2D eigenvalue weighted by atomic mass is 10.1. The molecule has 0 fully saturated rings. The first-order valence-electron chi connectivity index (χ1n) is 4.60. The molecule has 3 heteroatoms. The van der Waals surface area contributed by atoms with Crippen LogP contribution in [0, 0.1) is 6.92 Å². The Hall–Kier alpha value is -0.120. The fourth-order valence-corrected chi connectivity index (χ4v) is 1.32. The zero-order chi connectivity index (χ0) is 9.45. The van der Waals surface area contributed by atoms with Gasteiger partial charge in [-0.25, -0.2) is 0 Å². The van der Waals surface area contributed by atoms with Crippen LogP contribution in [0.4, 0.5) is 0 Å². The Morgan fingerprint density at radius 2 is 1.50 bits per heavy atom. The summed E-state index contributed by atoms with van der Waals surface area (Å²) in [5.41, 5.74) is 0. The number of nitrogens with one attached hydrogen (secondary N) is 3. The molecule has 3 N–H and O–H groups in total. The maximum Gasteiger partial charge on any atom is 0.122 e. The summed E-state index contributed by atoms with van der Waals surface area (Å²) < 4.78 is 0. The minimum absolute atomic E-state index is 0.102. The molecule has 3 nitrogen and oxygen atoms in total. The second kappa shape index (κ2) is 6.40. The molecular weight excluding hydrogens is 150 g/mol. The molecule has 0 heterocycles. The molecule has 0 spiro atoms. The fourth-order valence-electron chi connectivity index (χ4n) is 1.32. The highest BCUT2D eigenvalue weighted by Crippen LogP contribution is 2.07. The maximum atomic E-state index is 3.82. The van der Waals surface area contributed by atoms with Gasteiger partial charge < -0.3 is 0 Å². The van der Waals surface area contributed by atoms with E-state index < -0.39 is 0 Å². The van der Waals surface area contributed by atoms with Crippen molar-refractivity contribution in [1.82, 2.24) is 16.0 Å². The summed E-state index contributed by atoms with van der Waals surface area (Å²) >= 11 is 0. The Morgan fingerprint density at radius 3 is 1.83 bits per heavy atom. The molecule has 0 aliphatic heterocycles. The van der Waals surface area contributed by atoms with Gasteiger partial charge in [0.1, 0.15) is 5.79 Å². The average Bonchev–Trinajstić information content (AvgIpc) is 2.14. The lowest BCUT2D eigenvalue weighted by molar-refractivity contribution is 0.221. The SMILES string of the molecule is [CH2]CCCCC(NC)(NC)NC. The molecule has 1 radical (unpaired) electrons. The summed E-state index contributed by atoms with van der Waals surface area (Å²) in [5, 5.41) is 9.69. The Morgan fingerprint density at radius 1 is 1.00 bits per heavy atom. The van der Waals surface area contributed by atoms with Gasteiger partial charge in [-0.15, -0.1) is 0 Å². The van der Waals surface area contributed by atoms with Crippen molar-refractivity contribution in [3.63, 3.8) is 0 Å². The molecule has 0 unspecified atom stereocenters. The molecule has 0 aromatic carbocycles. The molecule has 0 aliphatic carbocycles. The maximum absolute atomic E-state index is 3.82. The molecule has 12 heavy (non-hydrogen) atoms. The molecule has 0 amide bonds. The van der Waals surface area contributed by atoms with Gasteiger partial charge in [0.25, 0.3) is 0 Å². The third-order valence-corrected chi connectivity index (χ3v) is 2.33. The smallest absolute Gasteiger partial charge is 0.122 e. The van der Waals surface area contributed by atoms with Crippen LogP contribution in [-0.4, -0.2) is 26.9 Å². The van der Waals surface area contributed by atoms with Crippen molar-refractivity contribution in [2.75, 3.05) is 21.1 Å². The average molecular weight is 172 g/mol. The highest BCUT2D eigenvalue weighted by molar-refractivity contribution is 4.77. The Labute approximate surface area is 76.3 Å². The highest BCUT2D eigenvalue weighted by Gasteiger charge is 2.21. The van der Waals surface area contributed by atoms with Gasteiger partial charge in [0.2, 0.25) is 0 Å². The summed E-state index contributed by atoms with van der Waals surface area (Å²) in [6.45, 7) is 3.82. The predicted octanol–water partition coefficient (Wildman–Crippen LogP) is 0.693. The molecule has 0 bridgehead atoms. The van der Waals surface area contributed by atoms with Crippen LogP contribution in [0.25, 0.3) is 0 Å². The van der Waals surface area contributed by atoms with Crippen LogP contribution in [0.15, 0.2) is 0 Å². The zero-order valence-corrected chi connectivity index (χ0v) is 8.54. The van der Waals surface area contributed by atoms with Crippen LogP contribution < -0.4 is 16.0 Å². The van der Waals surface area contributed by atoms with Gasteiger partial charge in [-0.3, -0.25) is 16.0 Å². The lowest BCUT2D eigenvalue weighted by Crippen LogP contribution is -2.63. The van der Waals surface area contributed by atoms with Crippen LogP contribution in [0.2, 0.25) is 0 Å². The van der Waals surface area contributed by atoms with E-state index in [-0.39, 0.29) is 5.79 Å². The van der Waals surface area contributed by atoms with E-state index in [0.29, 0.717) is 0 Å². The van der Waals surface area contributed by atoms with Gasteiger partial charge in [-0.05, 0) is 34.0 Å². The van der Waals surface area contributed by atoms with E-state index in [0.717, 1.165) is 12.8 Å². The molecular formula is C9H22N3. The molecule has 0 rings (SSSR count). The molecule has 0 saturated heterocycles. The van der Waals surface area contributed by atoms with Gasteiger partial charge in [-0.1, -0.05) is 19.8 Å². The first-order valence-corrected chi connectivity index (χ1v) is 4.60. The van der Waals surface area contributed by atoms with Crippen molar-refractivity contribution in [3.8, 4) is 0 Å². The predicted molar refractivity (Wildman–Crippen MR) is 53.7 cm³/mol. The minimum atomic E-state index is -0.102. The second-order valence-corrected chi connectivity index (χ2v) is 2.97. The summed E-state index contributed by atoms with van der Waals surface area (Å²) in [6.07, 6.45) is 4.47. The molecule has 0 saturated carbocycles. The van der Waals surface area contributed by atoms with Gasteiger partial charge in [0, 0.05) is 0 Å². The zero-order valence-electron chi connectivity index (χ0n) is 8.54. The number of hydrogen-bond acceptors (Lipinski definition) is 3. The van der Waals surface area contributed by atoms with Crippen LogP contribution in [-0.2, 0) is 0 Å². The molecule has 0 aromatic heterocycles. The minimum Gasteiger partial charge on any atom is -0.290 e. The number of rotatable bonds is 7. The molecule has 73 valence electrons. The van der Waals surface area contributed by atoms with Gasteiger partial charge in [0.05, 0.1) is 0 Å². The van der Waals surface area contributed by atoms with E-state index in [4.69, 9.17) is 0 Å². The first-order chi connectivity index (χ1) is 5.74. The summed E-state index contributed by atoms with van der Waals surface area (Å²) in [5.74, 6) is -0.102. The van der Waals surface area contributed by atoms with E-state index in [1.807, 2.05) is 21.1 Å². The molecule has 0 aromatic rings. The van der Waals surface area contributed by atoms with Crippen molar-refractivity contribution >= 4 is 0 Å².